The molecule has 26 heavy (non-hydrogen) atoms. The Hall–Kier alpha value is -3.18. The minimum atomic E-state index is -0.0782. The summed E-state index contributed by atoms with van der Waals surface area (Å²) in [5.41, 5.74) is 3.37. The van der Waals surface area contributed by atoms with Crippen molar-refractivity contribution in [1.29, 1.82) is 0 Å². The molecule has 0 atom stereocenters. The van der Waals surface area contributed by atoms with Crippen molar-refractivity contribution in [2.75, 3.05) is 0 Å². The van der Waals surface area contributed by atoms with Gasteiger partial charge in [0.05, 0.1) is 17.8 Å². The van der Waals surface area contributed by atoms with Crippen LogP contribution in [0.2, 0.25) is 0 Å². The fraction of sp³-hybridized carbons (Fsp3) is 0.0476. The molecule has 0 aliphatic heterocycles. The number of hydrogen-bond donors (Lipinski definition) is 2. The molecule has 5 heteroatoms. The molecule has 0 saturated carbocycles. The van der Waals surface area contributed by atoms with Gasteiger partial charge in [0.25, 0.3) is 5.91 Å². The molecule has 2 aromatic heterocycles. The molecule has 4 aromatic rings. The van der Waals surface area contributed by atoms with Gasteiger partial charge in [-0.05, 0) is 35.2 Å². The highest BCUT2D eigenvalue weighted by atomic mass is 32.1. The number of amides is 1. The Labute approximate surface area is 155 Å². The highest BCUT2D eigenvalue weighted by Crippen LogP contribution is 2.19. The molecule has 0 bridgehead atoms. The number of carbonyl (C=O) groups is 1. The number of thiophene rings is 1. The Bertz CT molecular complexity index is 1060. The first kappa shape index (κ1) is 16.3. The zero-order valence-corrected chi connectivity index (χ0v) is 14.8. The largest absolute Gasteiger partial charge is 0.347 e. The first-order valence-corrected chi connectivity index (χ1v) is 9.20. The van der Waals surface area contributed by atoms with Crippen molar-refractivity contribution in [3.05, 3.63) is 87.7 Å². The first-order chi connectivity index (χ1) is 12.8. The smallest absolute Gasteiger partial charge is 0.252 e. The van der Waals surface area contributed by atoms with Gasteiger partial charge in [-0.1, -0.05) is 48.5 Å². The molecule has 2 aromatic carbocycles. The molecule has 0 fully saturated rings. The Morgan fingerprint density at radius 2 is 1.88 bits per heavy atom. The Morgan fingerprint density at radius 1 is 1.04 bits per heavy atom. The molecule has 0 radical (unpaired) electrons. The predicted molar refractivity (Wildman–Crippen MR) is 107 cm³/mol. The third kappa shape index (κ3) is 3.43. The number of hydrogen-bond acceptors (Lipinski definition) is 3. The second-order valence-corrected chi connectivity index (χ2v) is 6.87. The van der Waals surface area contributed by atoms with E-state index < -0.39 is 0 Å². The number of aromatic amines is 1. The highest BCUT2D eigenvalue weighted by molar-refractivity contribution is 7.09. The molecule has 2 N–H and O–H groups in total. The van der Waals surface area contributed by atoms with Crippen molar-refractivity contribution in [2.24, 2.45) is 0 Å². The van der Waals surface area contributed by atoms with Gasteiger partial charge in [-0.3, -0.25) is 9.89 Å². The average Bonchev–Trinajstić information content (AvgIpc) is 3.34. The highest BCUT2D eigenvalue weighted by Gasteiger charge is 2.09. The van der Waals surface area contributed by atoms with Crippen LogP contribution in [0.1, 0.15) is 26.5 Å². The van der Waals surface area contributed by atoms with Gasteiger partial charge in [0.2, 0.25) is 0 Å². The van der Waals surface area contributed by atoms with Gasteiger partial charge in [-0.25, -0.2) is 0 Å². The molecule has 0 unspecified atom stereocenters. The molecule has 4 nitrogen and oxygen atoms in total. The van der Waals surface area contributed by atoms with Crippen molar-refractivity contribution in [2.45, 2.75) is 6.54 Å². The van der Waals surface area contributed by atoms with Crippen molar-refractivity contribution >= 4 is 40.3 Å². The van der Waals surface area contributed by atoms with Crippen LogP contribution in [0, 0.1) is 0 Å². The molecule has 0 aliphatic rings. The lowest BCUT2D eigenvalue weighted by atomic mass is 10.1. The van der Waals surface area contributed by atoms with E-state index in [4.69, 9.17) is 0 Å². The molecule has 0 spiro atoms. The van der Waals surface area contributed by atoms with Crippen LogP contribution in [-0.2, 0) is 6.54 Å². The van der Waals surface area contributed by atoms with E-state index in [0.717, 1.165) is 27.0 Å². The number of para-hydroxylation sites is 1. The lowest BCUT2D eigenvalue weighted by Gasteiger charge is -2.07. The van der Waals surface area contributed by atoms with Crippen LogP contribution in [0.3, 0.4) is 0 Å². The molecular formula is C21H17N3OS. The summed E-state index contributed by atoms with van der Waals surface area (Å²) in [7, 11) is 0. The number of nitrogens with one attached hydrogen (secondary N) is 2. The standard InChI is InChI=1S/C21H17N3OS/c25-21(22-14-16-7-5-13-26-16)17-8-2-1-6-15(17)11-12-20-18-9-3-4-10-19(18)23-24-20/h1-13H,14H2,(H,22,25)(H,23,24)/b12-11+. The molecular weight excluding hydrogens is 342 g/mol. The number of nitrogens with zero attached hydrogens (tertiary/aromatic N) is 1. The van der Waals surface area contributed by atoms with Gasteiger partial charge in [0.15, 0.2) is 0 Å². The number of aromatic nitrogens is 2. The Kier molecular flexibility index (Phi) is 4.62. The number of benzene rings is 2. The van der Waals surface area contributed by atoms with Crippen LogP contribution >= 0.6 is 11.3 Å². The molecule has 4 rings (SSSR count). The third-order valence-corrected chi connectivity index (χ3v) is 5.01. The van der Waals surface area contributed by atoms with Gasteiger partial charge in [0, 0.05) is 15.8 Å². The first-order valence-electron chi connectivity index (χ1n) is 8.32. The van der Waals surface area contributed by atoms with E-state index >= 15 is 0 Å². The average molecular weight is 359 g/mol. The van der Waals surface area contributed by atoms with Crippen LogP contribution in [0.15, 0.2) is 66.0 Å². The Balaban J connectivity index is 1.56. The van der Waals surface area contributed by atoms with E-state index in [1.54, 1.807) is 11.3 Å². The maximum atomic E-state index is 12.6. The fourth-order valence-corrected chi connectivity index (χ4v) is 3.45. The molecule has 0 saturated heterocycles. The normalized spacial score (nSPS) is 11.2. The van der Waals surface area contributed by atoms with E-state index in [0.29, 0.717) is 12.1 Å². The number of carbonyl (C=O) groups excluding carboxylic acids is 1. The van der Waals surface area contributed by atoms with Gasteiger partial charge < -0.3 is 5.32 Å². The van der Waals surface area contributed by atoms with E-state index in [1.165, 1.54) is 0 Å². The summed E-state index contributed by atoms with van der Waals surface area (Å²) in [6, 6.07) is 19.6. The van der Waals surface area contributed by atoms with Crippen LogP contribution in [0.5, 0.6) is 0 Å². The number of fused-ring (bicyclic) bond motifs is 1. The number of H-pyrrole nitrogens is 1. The maximum Gasteiger partial charge on any atom is 0.252 e. The molecule has 0 aliphatic carbocycles. The van der Waals surface area contributed by atoms with Crippen molar-refractivity contribution in [3.63, 3.8) is 0 Å². The van der Waals surface area contributed by atoms with Crippen LogP contribution in [0.25, 0.3) is 23.1 Å². The fourth-order valence-electron chi connectivity index (χ4n) is 2.81. The second kappa shape index (κ2) is 7.37. The molecule has 1 amide bonds. The number of rotatable bonds is 5. The van der Waals surface area contributed by atoms with E-state index in [2.05, 4.69) is 15.5 Å². The van der Waals surface area contributed by atoms with Crippen LogP contribution in [0.4, 0.5) is 0 Å². The monoisotopic (exact) mass is 359 g/mol. The van der Waals surface area contributed by atoms with Gasteiger partial charge in [-0.15, -0.1) is 11.3 Å². The summed E-state index contributed by atoms with van der Waals surface area (Å²) in [5.74, 6) is -0.0782. The van der Waals surface area contributed by atoms with Crippen LogP contribution in [-0.4, -0.2) is 16.1 Å². The molecule has 2 heterocycles. The van der Waals surface area contributed by atoms with Crippen molar-refractivity contribution < 1.29 is 4.79 Å². The molecule has 128 valence electrons. The minimum absolute atomic E-state index is 0.0782. The van der Waals surface area contributed by atoms with E-state index in [-0.39, 0.29) is 5.91 Å². The summed E-state index contributed by atoms with van der Waals surface area (Å²) >= 11 is 1.63. The van der Waals surface area contributed by atoms with E-state index in [1.807, 2.05) is 78.2 Å². The summed E-state index contributed by atoms with van der Waals surface area (Å²) in [6.45, 7) is 0.540. The minimum Gasteiger partial charge on any atom is -0.347 e. The SMILES string of the molecule is O=C(NCc1cccs1)c1ccccc1/C=C/c1n[nH]c2ccccc12. The predicted octanol–water partition coefficient (Wildman–Crippen LogP) is 4.72. The van der Waals surface area contributed by atoms with E-state index in [9.17, 15) is 4.79 Å². The van der Waals surface area contributed by atoms with Crippen LogP contribution < -0.4 is 5.32 Å². The van der Waals surface area contributed by atoms with Crippen molar-refractivity contribution in [3.8, 4) is 0 Å². The lowest BCUT2D eigenvalue weighted by molar-refractivity contribution is 0.0951. The Morgan fingerprint density at radius 3 is 2.77 bits per heavy atom. The lowest BCUT2D eigenvalue weighted by Crippen LogP contribution is -2.23. The van der Waals surface area contributed by atoms with Crippen molar-refractivity contribution in [1.82, 2.24) is 15.5 Å². The summed E-state index contributed by atoms with van der Waals surface area (Å²) < 4.78 is 0. The topological polar surface area (TPSA) is 57.8 Å². The van der Waals surface area contributed by atoms with Gasteiger partial charge in [0.1, 0.15) is 0 Å². The summed E-state index contributed by atoms with van der Waals surface area (Å²) in [5, 5.41) is 13.4. The maximum absolute atomic E-state index is 12.6. The zero-order chi connectivity index (χ0) is 17.8. The second-order valence-electron chi connectivity index (χ2n) is 5.84. The quantitative estimate of drug-likeness (QED) is 0.541. The zero-order valence-electron chi connectivity index (χ0n) is 14.0. The summed E-state index contributed by atoms with van der Waals surface area (Å²) in [6.07, 6.45) is 3.87. The third-order valence-electron chi connectivity index (χ3n) is 4.13. The summed E-state index contributed by atoms with van der Waals surface area (Å²) in [4.78, 5) is 13.7. The van der Waals surface area contributed by atoms with Gasteiger partial charge >= 0.3 is 0 Å². The van der Waals surface area contributed by atoms with Gasteiger partial charge in [-0.2, -0.15) is 5.10 Å².